The van der Waals surface area contributed by atoms with Crippen molar-refractivity contribution in [2.45, 2.75) is 64.0 Å². The smallest absolute Gasteiger partial charge is 0.242 e. The van der Waals surface area contributed by atoms with Crippen molar-refractivity contribution in [3.8, 4) is 0 Å². The second kappa shape index (κ2) is 6.87. The van der Waals surface area contributed by atoms with Crippen LogP contribution < -0.4 is 9.80 Å². The van der Waals surface area contributed by atoms with Crippen molar-refractivity contribution in [3.63, 3.8) is 0 Å². The van der Waals surface area contributed by atoms with Crippen LogP contribution in [-0.4, -0.2) is 83.5 Å². The van der Waals surface area contributed by atoms with E-state index in [2.05, 4.69) is 13.8 Å². The summed E-state index contributed by atoms with van der Waals surface area (Å²) >= 11 is 0. The molecule has 0 aromatic heterocycles. The van der Waals surface area contributed by atoms with Crippen molar-refractivity contribution in [1.29, 1.82) is 0 Å². The SMILES string of the molecule is CCCC12C[NH+]3CC(CCC)(C[NH+](C1)C3[C@H](O)[C@@H](O)[C@H](O)CO)C2=O. The number of piperidine rings is 2. The van der Waals surface area contributed by atoms with E-state index >= 15 is 0 Å². The Labute approximate surface area is 149 Å². The Balaban J connectivity index is 1.89. The molecule has 4 aliphatic heterocycles. The molecule has 0 amide bonds. The van der Waals surface area contributed by atoms with Gasteiger partial charge in [0.15, 0.2) is 11.9 Å². The van der Waals surface area contributed by atoms with Gasteiger partial charge in [-0.25, -0.2) is 0 Å². The second-order valence-corrected chi connectivity index (χ2v) is 8.62. The van der Waals surface area contributed by atoms with Gasteiger partial charge in [0, 0.05) is 0 Å². The number of hydrogen-bond donors (Lipinski definition) is 6. The fourth-order valence-electron chi connectivity index (χ4n) is 6.15. The number of nitrogens with one attached hydrogen (secondary N) is 2. The Kier molecular flexibility index (Phi) is 5.27. The van der Waals surface area contributed by atoms with Crippen LogP contribution in [-0.2, 0) is 4.79 Å². The van der Waals surface area contributed by atoms with E-state index in [-0.39, 0.29) is 17.0 Å². The van der Waals surface area contributed by atoms with Gasteiger partial charge in [0.05, 0.1) is 6.61 Å². The predicted molar refractivity (Wildman–Crippen MR) is 90.0 cm³/mol. The number of carbonyl (C=O) groups excluding carboxylic acids is 1. The van der Waals surface area contributed by atoms with Crippen LogP contribution in [0.3, 0.4) is 0 Å². The van der Waals surface area contributed by atoms with E-state index in [0.29, 0.717) is 32.0 Å². The van der Waals surface area contributed by atoms with Crippen molar-refractivity contribution < 1.29 is 35.0 Å². The minimum atomic E-state index is -1.37. The molecule has 4 aliphatic rings. The van der Waals surface area contributed by atoms with Gasteiger partial charge in [0.25, 0.3) is 0 Å². The van der Waals surface area contributed by atoms with Crippen LogP contribution in [0.4, 0.5) is 0 Å². The quantitative estimate of drug-likeness (QED) is 0.268. The Hall–Kier alpha value is -0.570. The van der Waals surface area contributed by atoms with E-state index in [9.17, 15) is 20.1 Å². The molecule has 4 fully saturated rings. The van der Waals surface area contributed by atoms with Gasteiger partial charge in [0.1, 0.15) is 49.2 Å². The summed E-state index contributed by atoms with van der Waals surface area (Å²) in [6, 6.07) is 0. The summed E-state index contributed by atoms with van der Waals surface area (Å²) < 4.78 is 0. The van der Waals surface area contributed by atoms with Crippen LogP contribution in [0, 0.1) is 10.8 Å². The van der Waals surface area contributed by atoms with Crippen LogP contribution in [0.2, 0.25) is 0 Å². The third kappa shape index (κ3) is 2.85. The zero-order chi connectivity index (χ0) is 18.4. The predicted octanol–water partition coefficient (Wildman–Crippen LogP) is -3.66. The molecule has 0 radical (unpaired) electrons. The highest BCUT2D eigenvalue weighted by atomic mass is 16.4. The Morgan fingerprint density at radius 3 is 1.80 bits per heavy atom. The van der Waals surface area contributed by atoms with Crippen LogP contribution in [0.1, 0.15) is 39.5 Å². The average Bonchev–Trinajstić information content (AvgIpc) is 2.57. The van der Waals surface area contributed by atoms with Crippen molar-refractivity contribution in [2.24, 2.45) is 10.8 Å². The van der Waals surface area contributed by atoms with Gasteiger partial charge >= 0.3 is 0 Å². The van der Waals surface area contributed by atoms with Crippen molar-refractivity contribution in [2.75, 3.05) is 32.8 Å². The number of rotatable bonds is 8. The summed E-state index contributed by atoms with van der Waals surface area (Å²) in [6.07, 6.45) is -0.374. The molecular formula is C18H34N2O5+2. The lowest BCUT2D eigenvalue weighted by molar-refractivity contribution is -1.17. The largest absolute Gasteiger partial charge is 0.394 e. The number of hydrogen-bond acceptors (Lipinski definition) is 5. The summed E-state index contributed by atoms with van der Waals surface area (Å²) in [6.45, 7) is 6.48. The van der Waals surface area contributed by atoms with E-state index in [1.807, 2.05) is 0 Å². The summed E-state index contributed by atoms with van der Waals surface area (Å²) in [7, 11) is 0. The monoisotopic (exact) mass is 358 g/mol. The fraction of sp³-hybridized carbons (Fsp3) is 0.944. The van der Waals surface area contributed by atoms with Gasteiger partial charge in [-0.3, -0.25) is 14.6 Å². The molecule has 0 spiro atoms. The number of carbonyl (C=O) groups is 1. The van der Waals surface area contributed by atoms with Crippen LogP contribution in [0.25, 0.3) is 0 Å². The molecule has 6 N–H and O–H groups in total. The van der Waals surface area contributed by atoms with Gasteiger partial charge in [-0.05, 0) is 12.8 Å². The highest BCUT2D eigenvalue weighted by molar-refractivity contribution is 5.92. The minimum Gasteiger partial charge on any atom is -0.394 e. The normalized spacial score (nSPS) is 43.3. The number of aliphatic hydroxyl groups is 4. The molecule has 0 aromatic carbocycles. The third-order valence-electron chi connectivity index (χ3n) is 6.83. The van der Waals surface area contributed by atoms with Crippen LogP contribution >= 0.6 is 0 Å². The van der Waals surface area contributed by atoms with Gasteiger partial charge in [-0.1, -0.05) is 26.7 Å². The Morgan fingerprint density at radius 1 is 1.00 bits per heavy atom. The van der Waals surface area contributed by atoms with E-state index in [1.54, 1.807) is 0 Å². The van der Waals surface area contributed by atoms with Gasteiger partial charge in [-0.2, -0.15) is 0 Å². The average molecular weight is 358 g/mol. The number of quaternary nitrogens is 2. The molecule has 0 saturated carbocycles. The zero-order valence-corrected chi connectivity index (χ0v) is 15.4. The molecule has 7 heteroatoms. The van der Waals surface area contributed by atoms with Crippen LogP contribution in [0.5, 0.6) is 0 Å². The fourth-order valence-corrected chi connectivity index (χ4v) is 6.15. The van der Waals surface area contributed by atoms with Gasteiger partial charge < -0.3 is 20.4 Å². The molecule has 3 atom stereocenters. The van der Waals surface area contributed by atoms with E-state index in [0.717, 1.165) is 25.7 Å². The van der Waals surface area contributed by atoms with E-state index in [4.69, 9.17) is 5.11 Å². The standard InChI is InChI=1S/C18H32N2O5/c1-3-5-17-8-19-10-18(6-4-2,16(17)25)11-20(9-17)15(19)14(24)13(23)12(22)7-21/h12-15,21-24H,3-11H2,1-2H3/p+2/t12-,13+,14-,15?,17?,18?/m1/s1. The number of ketones is 1. The molecule has 4 rings (SSSR count). The topological polar surface area (TPSA) is 107 Å². The molecule has 4 heterocycles. The zero-order valence-electron chi connectivity index (χ0n) is 15.4. The minimum absolute atomic E-state index is 0.251. The van der Waals surface area contributed by atoms with E-state index < -0.39 is 24.9 Å². The maximum absolute atomic E-state index is 13.4. The molecule has 144 valence electrons. The third-order valence-corrected chi connectivity index (χ3v) is 6.83. The Bertz CT molecular complexity index is 470. The number of aliphatic hydroxyl groups excluding tert-OH is 4. The maximum atomic E-state index is 13.4. The lowest BCUT2D eigenvalue weighted by atomic mass is 9.57. The summed E-state index contributed by atoms with van der Waals surface area (Å²) in [5, 5.41) is 39.7. The first kappa shape index (κ1) is 19.2. The van der Waals surface area contributed by atoms with E-state index in [1.165, 1.54) is 9.80 Å². The summed E-state index contributed by atoms with van der Waals surface area (Å²) in [5.74, 6) is 0.431. The Morgan fingerprint density at radius 2 is 1.44 bits per heavy atom. The van der Waals surface area contributed by atoms with Gasteiger partial charge in [-0.15, -0.1) is 0 Å². The maximum Gasteiger partial charge on any atom is 0.242 e. The number of Topliss-reactive ketones (excluding diaryl/α,β-unsaturated/α-hetero) is 1. The molecule has 7 nitrogen and oxygen atoms in total. The molecular weight excluding hydrogens is 324 g/mol. The molecule has 0 aromatic rings. The first-order chi connectivity index (χ1) is 11.8. The second-order valence-electron chi connectivity index (χ2n) is 8.62. The molecule has 0 unspecified atom stereocenters. The summed E-state index contributed by atoms with van der Waals surface area (Å²) in [5.41, 5.74) is -0.607. The molecule has 25 heavy (non-hydrogen) atoms. The van der Waals surface area contributed by atoms with Crippen LogP contribution in [0.15, 0.2) is 0 Å². The van der Waals surface area contributed by atoms with Crippen molar-refractivity contribution in [1.82, 2.24) is 0 Å². The lowest BCUT2D eigenvalue weighted by Gasteiger charge is -2.61. The van der Waals surface area contributed by atoms with Gasteiger partial charge in [0.2, 0.25) is 6.17 Å². The molecule has 0 aliphatic carbocycles. The lowest BCUT2D eigenvalue weighted by Crippen LogP contribution is -3.46. The highest BCUT2D eigenvalue weighted by Crippen LogP contribution is 2.41. The van der Waals surface area contributed by atoms with Crippen molar-refractivity contribution in [3.05, 3.63) is 0 Å². The first-order valence-electron chi connectivity index (χ1n) is 9.73. The highest BCUT2D eigenvalue weighted by Gasteiger charge is 2.71. The van der Waals surface area contributed by atoms with Crippen molar-refractivity contribution >= 4 is 5.78 Å². The molecule has 4 bridgehead atoms. The molecule has 4 saturated heterocycles. The summed E-state index contributed by atoms with van der Waals surface area (Å²) in [4.78, 5) is 15.7. The first-order valence-corrected chi connectivity index (χ1v) is 9.73.